The van der Waals surface area contributed by atoms with E-state index in [-0.39, 0.29) is 0 Å². The van der Waals surface area contributed by atoms with Crippen LogP contribution in [0.25, 0.3) is 165 Å². The van der Waals surface area contributed by atoms with Gasteiger partial charge in [-0.2, -0.15) is 0 Å². The SMILES string of the molecule is c1cc2ccc3ccc(-c4cc(-c5ccc6ccc7cccc8ccc5c6c78)c5nc(-c6ccc(-c7cnc8ccccc8n7)cc6)nc(-c6ccc(-c7cnc8ccccc8n7)cc6)c5c4)c4ccc(c1)c2c34. The first-order valence-electron chi connectivity index (χ1n) is 25.0. The van der Waals surface area contributed by atoms with Crippen LogP contribution in [0, 0.1) is 0 Å². The summed E-state index contributed by atoms with van der Waals surface area (Å²) in [6.07, 6.45) is 3.70. The summed E-state index contributed by atoms with van der Waals surface area (Å²) < 4.78 is 0. The summed E-state index contributed by atoms with van der Waals surface area (Å²) in [6, 6.07) is 78.2. The van der Waals surface area contributed by atoms with Gasteiger partial charge >= 0.3 is 0 Å². The number of fused-ring (bicyclic) bond motifs is 3. The van der Waals surface area contributed by atoms with Crippen LogP contribution < -0.4 is 0 Å². The Kier molecular flexibility index (Phi) is 8.64. The predicted octanol–water partition coefficient (Wildman–Crippen LogP) is 17.3. The normalized spacial score (nSPS) is 12.1. The molecule has 0 bridgehead atoms. The van der Waals surface area contributed by atoms with Crippen molar-refractivity contribution in [1.29, 1.82) is 0 Å². The van der Waals surface area contributed by atoms with Crippen LogP contribution in [-0.4, -0.2) is 29.9 Å². The van der Waals surface area contributed by atoms with Gasteiger partial charge in [0.1, 0.15) is 0 Å². The van der Waals surface area contributed by atoms with Crippen molar-refractivity contribution in [3.8, 4) is 67.4 Å². The monoisotopic (exact) mass is 938 g/mol. The zero-order chi connectivity index (χ0) is 48.4. The maximum absolute atomic E-state index is 5.66. The lowest BCUT2D eigenvalue weighted by Gasteiger charge is -2.19. The molecular weight excluding hydrogens is 901 g/mol. The minimum absolute atomic E-state index is 0.627. The standard InChI is InChI=1S/C68H38N6/c1-3-13-58-56(11-1)69-37-60(71-58)39-15-23-47(24-16-39)66-55-36-49(50-31-27-45-21-19-41-7-5-9-43-29-33-52(50)64(45)62(41)43)35-54(51-32-28-46-22-20-42-8-6-10-44-30-34-53(51)65(46)63(42)44)67(55)74-68(73-66)48-25-17-40(18-26-48)61-38-70-57-12-2-4-14-59(57)72-61/h1-38H. The Balaban J connectivity index is 0.969. The Morgan fingerprint density at radius 3 is 1.26 bits per heavy atom. The van der Waals surface area contributed by atoms with Crippen LogP contribution in [0.1, 0.15) is 0 Å². The summed E-state index contributed by atoms with van der Waals surface area (Å²) in [5.41, 5.74) is 15.0. The average molecular weight is 939 g/mol. The van der Waals surface area contributed by atoms with E-state index < -0.39 is 0 Å². The summed E-state index contributed by atoms with van der Waals surface area (Å²) in [6.45, 7) is 0. The van der Waals surface area contributed by atoms with Crippen LogP contribution >= 0.6 is 0 Å². The molecule has 340 valence electrons. The average Bonchev–Trinajstić information content (AvgIpc) is 3.48. The molecule has 3 heterocycles. The molecule has 13 aromatic carbocycles. The lowest BCUT2D eigenvalue weighted by atomic mass is 9.86. The van der Waals surface area contributed by atoms with Gasteiger partial charge in [-0.05, 0) is 118 Å². The minimum atomic E-state index is 0.627. The van der Waals surface area contributed by atoms with Gasteiger partial charge in [0.25, 0.3) is 0 Å². The molecule has 6 heteroatoms. The van der Waals surface area contributed by atoms with Crippen molar-refractivity contribution in [2.45, 2.75) is 0 Å². The highest BCUT2D eigenvalue weighted by molar-refractivity contribution is 6.28. The summed E-state index contributed by atoms with van der Waals surface area (Å²) in [7, 11) is 0. The summed E-state index contributed by atoms with van der Waals surface area (Å²) in [5, 5.41) is 15.8. The van der Waals surface area contributed by atoms with Crippen molar-refractivity contribution < 1.29 is 0 Å². The summed E-state index contributed by atoms with van der Waals surface area (Å²) >= 11 is 0. The number of aromatic nitrogens is 6. The molecular formula is C68H38N6. The van der Waals surface area contributed by atoms with Gasteiger partial charge in [-0.3, -0.25) is 9.97 Å². The lowest BCUT2D eigenvalue weighted by Crippen LogP contribution is -1.99. The Morgan fingerprint density at radius 1 is 0.257 bits per heavy atom. The van der Waals surface area contributed by atoms with Crippen molar-refractivity contribution in [3.05, 3.63) is 231 Å². The Morgan fingerprint density at radius 2 is 0.703 bits per heavy atom. The lowest BCUT2D eigenvalue weighted by molar-refractivity contribution is 1.23. The maximum atomic E-state index is 5.66. The Hall–Kier alpha value is -10.0. The molecule has 0 saturated carbocycles. The van der Waals surface area contributed by atoms with Gasteiger partial charge in [0.15, 0.2) is 5.82 Å². The molecule has 74 heavy (non-hydrogen) atoms. The van der Waals surface area contributed by atoms with Gasteiger partial charge < -0.3 is 0 Å². The van der Waals surface area contributed by atoms with E-state index in [0.717, 1.165) is 94.6 Å². The number of para-hydroxylation sites is 4. The molecule has 0 aliphatic carbocycles. The third-order valence-corrected chi connectivity index (χ3v) is 15.2. The van der Waals surface area contributed by atoms with Gasteiger partial charge in [-0.15, -0.1) is 0 Å². The second-order valence-electron chi connectivity index (χ2n) is 19.4. The van der Waals surface area contributed by atoms with Crippen molar-refractivity contribution in [2.75, 3.05) is 0 Å². The largest absolute Gasteiger partial charge is 0.252 e. The first kappa shape index (κ1) is 40.7. The van der Waals surface area contributed by atoms with Gasteiger partial charge in [0.05, 0.1) is 57.1 Å². The number of nitrogens with zero attached hydrogens (tertiary/aromatic N) is 6. The zero-order valence-electron chi connectivity index (χ0n) is 39.6. The summed E-state index contributed by atoms with van der Waals surface area (Å²) in [5.74, 6) is 0.627. The minimum Gasteiger partial charge on any atom is -0.252 e. The second-order valence-corrected chi connectivity index (χ2v) is 19.4. The smallest absolute Gasteiger partial charge is 0.160 e. The van der Waals surface area contributed by atoms with E-state index in [1.165, 1.54) is 64.6 Å². The van der Waals surface area contributed by atoms with Crippen molar-refractivity contribution in [2.24, 2.45) is 0 Å². The van der Waals surface area contributed by atoms with E-state index in [4.69, 9.17) is 29.9 Å². The van der Waals surface area contributed by atoms with Crippen LogP contribution in [0.2, 0.25) is 0 Å². The van der Waals surface area contributed by atoms with Crippen LogP contribution in [0.15, 0.2) is 231 Å². The van der Waals surface area contributed by atoms with E-state index in [1.807, 2.05) is 60.9 Å². The fraction of sp³-hybridized carbons (Fsp3) is 0. The fourth-order valence-corrected chi connectivity index (χ4v) is 11.7. The number of hydrogen-bond donors (Lipinski definition) is 0. The van der Waals surface area contributed by atoms with Gasteiger partial charge in [0.2, 0.25) is 0 Å². The predicted molar refractivity (Wildman–Crippen MR) is 306 cm³/mol. The third-order valence-electron chi connectivity index (χ3n) is 15.2. The van der Waals surface area contributed by atoms with Crippen molar-refractivity contribution in [3.63, 3.8) is 0 Å². The van der Waals surface area contributed by atoms with Crippen LogP contribution in [0.3, 0.4) is 0 Å². The zero-order valence-corrected chi connectivity index (χ0v) is 39.6. The third kappa shape index (κ3) is 6.25. The highest BCUT2D eigenvalue weighted by atomic mass is 14.9. The second kappa shape index (κ2) is 15.7. The van der Waals surface area contributed by atoms with Crippen LogP contribution in [0.5, 0.6) is 0 Å². The fourth-order valence-electron chi connectivity index (χ4n) is 11.7. The van der Waals surface area contributed by atoms with E-state index in [0.29, 0.717) is 5.82 Å². The molecule has 0 amide bonds. The van der Waals surface area contributed by atoms with Crippen LogP contribution in [-0.2, 0) is 0 Å². The maximum Gasteiger partial charge on any atom is 0.160 e. The molecule has 16 aromatic rings. The van der Waals surface area contributed by atoms with E-state index in [9.17, 15) is 0 Å². The highest BCUT2D eigenvalue weighted by Crippen LogP contribution is 2.46. The molecule has 0 aliphatic heterocycles. The molecule has 0 atom stereocenters. The first-order chi connectivity index (χ1) is 36.6. The molecule has 6 nitrogen and oxygen atoms in total. The van der Waals surface area contributed by atoms with E-state index >= 15 is 0 Å². The Bertz CT molecular complexity index is 4920. The molecule has 3 aromatic heterocycles. The van der Waals surface area contributed by atoms with E-state index in [1.54, 1.807) is 0 Å². The Labute approximate surface area is 423 Å². The number of hydrogen-bond acceptors (Lipinski definition) is 6. The molecule has 0 spiro atoms. The quantitative estimate of drug-likeness (QED) is 0.155. The van der Waals surface area contributed by atoms with Gasteiger partial charge in [0, 0.05) is 33.2 Å². The first-order valence-corrected chi connectivity index (χ1v) is 25.0. The molecule has 0 saturated heterocycles. The van der Waals surface area contributed by atoms with Crippen molar-refractivity contribution in [1.82, 2.24) is 29.9 Å². The molecule has 16 rings (SSSR count). The van der Waals surface area contributed by atoms with Gasteiger partial charge in [-0.1, -0.05) is 182 Å². The molecule has 0 unspecified atom stereocenters. The van der Waals surface area contributed by atoms with Gasteiger partial charge in [-0.25, -0.2) is 19.9 Å². The molecule has 0 radical (unpaired) electrons. The van der Waals surface area contributed by atoms with Crippen LogP contribution in [0.4, 0.5) is 0 Å². The topological polar surface area (TPSA) is 77.3 Å². The number of rotatable bonds is 6. The molecule has 0 N–H and O–H groups in total. The van der Waals surface area contributed by atoms with E-state index in [2.05, 4.69) is 170 Å². The number of benzene rings is 13. The summed E-state index contributed by atoms with van der Waals surface area (Å²) in [4.78, 5) is 30.7. The molecule has 0 aliphatic rings. The highest BCUT2D eigenvalue weighted by Gasteiger charge is 2.22. The van der Waals surface area contributed by atoms with Crippen molar-refractivity contribution >= 4 is 97.6 Å². The molecule has 0 fully saturated rings.